The highest BCUT2D eigenvalue weighted by Gasteiger charge is 2.19. The molecule has 1 rings (SSSR count). The van der Waals surface area contributed by atoms with Crippen LogP contribution in [-0.4, -0.2) is 36.5 Å². The van der Waals surface area contributed by atoms with E-state index >= 15 is 0 Å². The molecule has 0 spiro atoms. The van der Waals surface area contributed by atoms with Crippen LogP contribution in [0.25, 0.3) is 0 Å². The molecule has 1 heterocycles. The van der Waals surface area contributed by atoms with Crippen molar-refractivity contribution >= 4 is 5.91 Å². The summed E-state index contributed by atoms with van der Waals surface area (Å²) < 4.78 is 0. The lowest BCUT2D eigenvalue weighted by atomic mass is 10.1. The smallest absolute Gasteiger partial charge is 0.222 e. The average molecular weight is 212 g/mol. The van der Waals surface area contributed by atoms with Crippen LogP contribution in [0.15, 0.2) is 0 Å². The van der Waals surface area contributed by atoms with E-state index in [1.54, 1.807) is 0 Å². The molecule has 1 amide bonds. The Kier molecular flexibility index (Phi) is 5.09. The minimum Gasteiger partial charge on any atom is -0.342 e. The summed E-state index contributed by atoms with van der Waals surface area (Å²) in [7, 11) is 0. The topological polar surface area (TPSA) is 32.3 Å². The Hall–Kier alpha value is -0.570. The van der Waals surface area contributed by atoms with Crippen LogP contribution in [-0.2, 0) is 4.79 Å². The van der Waals surface area contributed by atoms with Crippen molar-refractivity contribution in [1.29, 1.82) is 0 Å². The molecule has 3 nitrogen and oxygen atoms in total. The summed E-state index contributed by atoms with van der Waals surface area (Å²) in [4.78, 5) is 13.6. The van der Waals surface area contributed by atoms with E-state index in [2.05, 4.69) is 26.1 Å². The molecule has 15 heavy (non-hydrogen) atoms. The second-order valence-electron chi connectivity index (χ2n) is 4.96. The van der Waals surface area contributed by atoms with Crippen LogP contribution in [0.3, 0.4) is 0 Å². The Labute approximate surface area is 93.2 Å². The Morgan fingerprint density at radius 3 is 2.67 bits per heavy atom. The zero-order chi connectivity index (χ0) is 11.3. The molecule has 1 atom stereocenters. The standard InChI is InChI=1S/C12H24N2O/c1-10(2)13-8-11(3)9-14-7-5-4-6-12(14)15/h10-11,13H,4-9H2,1-3H3. The molecular formula is C12H24N2O. The molecule has 0 aliphatic carbocycles. The van der Waals surface area contributed by atoms with Gasteiger partial charge in [-0.2, -0.15) is 0 Å². The van der Waals surface area contributed by atoms with Crippen molar-refractivity contribution in [3.63, 3.8) is 0 Å². The van der Waals surface area contributed by atoms with E-state index in [4.69, 9.17) is 0 Å². The van der Waals surface area contributed by atoms with Gasteiger partial charge >= 0.3 is 0 Å². The lowest BCUT2D eigenvalue weighted by Gasteiger charge is -2.29. The maximum atomic E-state index is 11.6. The Morgan fingerprint density at radius 1 is 1.33 bits per heavy atom. The third-order valence-corrected chi connectivity index (χ3v) is 2.83. The number of rotatable bonds is 5. The van der Waals surface area contributed by atoms with Crippen molar-refractivity contribution in [2.45, 2.75) is 46.1 Å². The molecule has 1 fully saturated rings. The summed E-state index contributed by atoms with van der Waals surface area (Å²) in [6.07, 6.45) is 3.01. The number of nitrogens with zero attached hydrogens (tertiary/aromatic N) is 1. The zero-order valence-electron chi connectivity index (χ0n) is 10.3. The van der Waals surface area contributed by atoms with E-state index < -0.39 is 0 Å². The van der Waals surface area contributed by atoms with Crippen LogP contribution in [0.5, 0.6) is 0 Å². The summed E-state index contributed by atoms with van der Waals surface area (Å²) in [5.74, 6) is 0.895. The van der Waals surface area contributed by atoms with Gasteiger partial charge in [-0.3, -0.25) is 4.79 Å². The molecule has 3 heteroatoms. The third-order valence-electron chi connectivity index (χ3n) is 2.83. The van der Waals surface area contributed by atoms with Gasteiger partial charge in [0, 0.05) is 25.6 Å². The molecule has 1 N–H and O–H groups in total. The van der Waals surface area contributed by atoms with Gasteiger partial charge in [-0.1, -0.05) is 20.8 Å². The van der Waals surface area contributed by atoms with Crippen LogP contribution in [0.1, 0.15) is 40.0 Å². The molecule has 88 valence electrons. The fraction of sp³-hybridized carbons (Fsp3) is 0.917. The largest absolute Gasteiger partial charge is 0.342 e. The van der Waals surface area contributed by atoms with Crippen molar-refractivity contribution in [2.75, 3.05) is 19.6 Å². The van der Waals surface area contributed by atoms with Crippen LogP contribution in [0.4, 0.5) is 0 Å². The zero-order valence-corrected chi connectivity index (χ0v) is 10.3. The number of hydrogen-bond donors (Lipinski definition) is 1. The van der Waals surface area contributed by atoms with Crippen molar-refractivity contribution in [2.24, 2.45) is 5.92 Å². The summed E-state index contributed by atoms with van der Waals surface area (Å²) in [5, 5.41) is 3.41. The molecule has 0 aromatic carbocycles. The first kappa shape index (κ1) is 12.5. The van der Waals surface area contributed by atoms with Crippen LogP contribution in [0, 0.1) is 5.92 Å². The average Bonchev–Trinajstić information content (AvgIpc) is 2.18. The minimum atomic E-state index is 0.345. The monoisotopic (exact) mass is 212 g/mol. The Balaban J connectivity index is 2.23. The first-order valence-corrected chi connectivity index (χ1v) is 6.10. The number of amides is 1. The highest BCUT2D eigenvalue weighted by molar-refractivity contribution is 5.76. The molecule has 1 unspecified atom stereocenters. The van der Waals surface area contributed by atoms with Crippen LogP contribution < -0.4 is 5.32 Å². The van der Waals surface area contributed by atoms with Crippen molar-refractivity contribution in [3.8, 4) is 0 Å². The number of carbonyl (C=O) groups excluding carboxylic acids is 1. The second kappa shape index (κ2) is 6.11. The number of hydrogen-bond acceptors (Lipinski definition) is 2. The minimum absolute atomic E-state index is 0.345. The summed E-state index contributed by atoms with van der Waals surface area (Å²) >= 11 is 0. The van der Waals surface area contributed by atoms with E-state index in [1.807, 2.05) is 4.90 Å². The van der Waals surface area contributed by atoms with Gasteiger partial charge in [-0.25, -0.2) is 0 Å². The number of nitrogens with one attached hydrogen (secondary N) is 1. The van der Waals surface area contributed by atoms with E-state index in [9.17, 15) is 4.79 Å². The molecule has 0 saturated carbocycles. The van der Waals surface area contributed by atoms with Gasteiger partial charge in [0.2, 0.25) is 5.91 Å². The third kappa shape index (κ3) is 4.65. The van der Waals surface area contributed by atoms with E-state index in [-0.39, 0.29) is 0 Å². The van der Waals surface area contributed by atoms with E-state index in [0.29, 0.717) is 17.9 Å². The van der Waals surface area contributed by atoms with Gasteiger partial charge in [0.15, 0.2) is 0 Å². The normalized spacial score (nSPS) is 19.7. The SMILES string of the molecule is CC(CNC(C)C)CN1CCCCC1=O. The van der Waals surface area contributed by atoms with E-state index in [0.717, 1.165) is 32.5 Å². The van der Waals surface area contributed by atoms with Gasteiger partial charge in [0.05, 0.1) is 0 Å². The van der Waals surface area contributed by atoms with Gasteiger partial charge in [-0.05, 0) is 25.3 Å². The Morgan fingerprint density at radius 2 is 2.07 bits per heavy atom. The fourth-order valence-electron chi connectivity index (χ4n) is 1.93. The maximum absolute atomic E-state index is 11.6. The summed E-state index contributed by atoms with van der Waals surface area (Å²) in [6, 6.07) is 0.532. The highest BCUT2D eigenvalue weighted by atomic mass is 16.2. The van der Waals surface area contributed by atoms with E-state index in [1.165, 1.54) is 6.42 Å². The quantitative estimate of drug-likeness (QED) is 0.751. The highest BCUT2D eigenvalue weighted by Crippen LogP contribution is 2.12. The van der Waals surface area contributed by atoms with Crippen molar-refractivity contribution < 1.29 is 4.79 Å². The molecule has 0 radical (unpaired) electrons. The van der Waals surface area contributed by atoms with Gasteiger partial charge in [0.25, 0.3) is 0 Å². The van der Waals surface area contributed by atoms with Crippen molar-refractivity contribution in [1.82, 2.24) is 10.2 Å². The molecule has 0 aromatic rings. The second-order valence-corrected chi connectivity index (χ2v) is 4.96. The van der Waals surface area contributed by atoms with Gasteiger partial charge < -0.3 is 10.2 Å². The Bertz CT molecular complexity index is 204. The fourth-order valence-corrected chi connectivity index (χ4v) is 1.93. The molecule has 1 aliphatic rings. The van der Waals surface area contributed by atoms with Crippen LogP contribution >= 0.6 is 0 Å². The predicted octanol–water partition coefficient (Wildman–Crippen LogP) is 1.63. The van der Waals surface area contributed by atoms with Crippen molar-refractivity contribution in [3.05, 3.63) is 0 Å². The molecule has 0 aromatic heterocycles. The molecular weight excluding hydrogens is 188 g/mol. The number of piperidine rings is 1. The first-order valence-electron chi connectivity index (χ1n) is 6.10. The van der Waals surface area contributed by atoms with Gasteiger partial charge in [-0.15, -0.1) is 0 Å². The number of likely N-dealkylation sites (tertiary alicyclic amines) is 1. The molecule has 1 saturated heterocycles. The van der Waals surface area contributed by atoms with Crippen LogP contribution in [0.2, 0.25) is 0 Å². The first-order chi connectivity index (χ1) is 7.09. The molecule has 1 aliphatic heterocycles. The lowest BCUT2D eigenvalue weighted by molar-refractivity contribution is -0.133. The van der Waals surface area contributed by atoms with Gasteiger partial charge in [0.1, 0.15) is 0 Å². The maximum Gasteiger partial charge on any atom is 0.222 e. The lowest BCUT2D eigenvalue weighted by Crippen LogP contribution is -2.41. The summed E-state index contributed by atoms with van der Waals surface area (Å²) in [6.45, 7) is 9.39. The number of carbonyl (C=O) groups is 1. The molecule has 0 bridgehead atoms. The predicted molar refractivity (Wildman–Crippen MR) is 62.7 cm³/mol. The summed E-state index contributed by atoms with van der Waals surface area (Å²) in [5.41, 5.74) is 0.